The summed E-state index contributed by atoms with van der Waals surface area (Å²) in [5.74, 6) is 7.88. The van der Waals surface area contributed by atoms with Gasteiger partial charge in [-0.15, -0.1) is 0 Å². The van der Waals surface area contributed by atoms with Gasteiger partial charge >= 0.3 is 0 Å². The maximum atomic E-state index is 2.70. The third-order valence-electron chi connectivity index (χ3n) is 11.3. The fraction of sp³-hybridized carbons (Fsp3) is 0.636. The van der Waals surface area contributed by atoms with E-state index < -0.39 is 0 Å². The first-order chi connectivity index (χ1) is 17.1. The Labute approximate surface area is 215 Å². The third kappa shape index (κ3) is 4.33. The van der Waals surface area contributed by atoms with Crippen molar-refractivity contribution >= 4 is 6.85 Å². The summed E-state index contributed by atoms with van der Waals surface area (Å²) in [6.07, 6.45) is 13.0. The molecule has 4 saturated carbocycles. The molecular weight excluding hydrogens is 421 g/mol. The monoisotopic (exact) mass is 467 g/mol. The highest BCUT2D eigenvalue weighted by atomic mass is 15.0. The number of nitrogens with zero attached hydrogens (tertiary/aromatic N) is 1. The first-order valence-electron chi connectivity index (χ1n) is 14.9. The minimum atomic E-state index is 0.763. The number of hydrogen-bond acceptors (Lipinski definition) is 1. The van der Waals surface area contributed by atoms with Crippen molar-refractivity contribution < 1.29 is 0 Å². The lowest BCUT2D eigenvalue weighted by Gasteiger charge is -2.44. The Morgan fingerprint density at radius 2 is 1.20 bits per heavy atom. The molecule has 0 spiro atoms. The van der Waals surface area contributed by atoms with Crippen LogP contribution in [-0.4, -0.2) is 25.8 Å². The van der Waals surface area contributed by atoms with Crippen molar-refractivity contribution in [1.29, 1.82) is 0 Å². The SMILES string of the molecule is C[C@@H]1CC2C(c3ccccc3)CCCC2C1B(C1CCC2C(c3ccccc3)CCCC12)N(C)C. The zero-order valence-corrected chi connectivity index (χ0v) is 22.4. The molecule has 1 nitrogen and oxygen atoms in total. The molecular formula is C33H46BN. The largest absolute Gasteiger partial charge is 0.347 e. The normalized spacial score (nSPS) is 38.8. The molecule has 4 aliphatic rings. The van der Waals surface area contributed by atoms with E-state index in [-0.39, 0.29) is 0 Å². The molecule has 9 atom stereocenters. The van der Waals surface area contributed by atoms with E-state index in [4.69, 9.17) is 0 Å². The van der Waals surface area contributed by atoms with E-state index in [1.54, 1.807) is 11.1 Å². The van der Waals surface area contributed by atoms with E-state index in [0.717, 1.165) is 59.9 Å². The average Bonchev–Trinajstić information content (AvgIpc) is 3.46. The molecule has 35 heavy (non-hydrogen) atoms. The highest BCUT2D eigenvalue weighted by molar-refractivity contribution is 6.59. The van der Waals surface area contributed by atoms with E-state index in [1.807, 2.05) is 0 Å². The Morgan fingerprint density at radius 1 is 0.629 bits per heavy atom. The van der Waals surface area contributed by atoms with Crippen LogP contribution in [-0.2, 0) is 0 Å². The smallest absolute Gasteiger partial charge is 0.230 e. The second-order valence-electron chi connectivity index (χ2n) is 13.0. The van der Waals surface area contributed by atoms with Crippen molar-refractivity contribution in [3.63, 3.8) is 0 Å². The molecule has 0 N–H and O–H groups in total. The topological polar surface area (TPSA) is 3.24 Å². The predicted molar refractivity (Wildman–Crippen MR) is 150 cm³/mol. The van der Waals surface area contributed by atoms with E-state index in [0.29, 0.717) is 0 Å². The van der Waals surface area contributed by atoms with Crippen LogP contribution in [0.2, 0.25) is 11.6 Å². The van der Waals surface area contributed by atoms with Gasteiger partial charge in [-0.1, -0.05) is 99.7 Å². The Balaban J connectivity index is 1.26. The van der Waals surface area contributed by atoms with Crippen molar-refractivity contribution in [3.05, 3.63) is 71.8 Å². The van der Waals surface area contributed by atoms with Crippen LogP contribution in [0.3, 0.4) is 0 Å². The van der Waals surface area contributed by atoms with Gasteiger partial charge in [0.25, 0.3) is 0 Å². The van der Waals surface area contributed by atoms with Crippen LogP contribution < -0.4 is 0 Å². The number of fused-ring (bicyclic) bond motifs is 2. The van der Waals surface area contributed by atoms with Crippen LogP contribution in [0.25, 0.3) is 0 Å². The van der Waals surface area contributed by atoms with Gasteiger partial charge in [0.15, 0.2) is 0 Å². The van der Waals surface area contributed by atoms with E-state index in [1.165, 1.54) is 57.8 Å². The molecule has 0 amide bonds. The van der Waals surface area contributed by atoms with E-state index in [2.05, 4.69) is 86.5 Å². The summed E-state index contributed by atoms with van der Waals surface area (Å²) in [7, 11) is 4.85. The van der Waals surface area contributed by atoms with Crippen molar-refractivity contribution in [3.8, 4) is 0 Å². The highest BCUT2D eigenvalue weighted by Crippen LogP contribution is 2.63. The van der Waals surface area contributed by atoms with E-state index >= 15 is 0 Å². The molecule has 8 unspecified atom stereocenters. The standard InChI is InChI=1S/C33H46BN/c1-23-22-31-27(25-14-8-5-9-15-25)17-11-19-30(31)33(23)34(35(2)3)32-21-20-28-26(16-10-18-29(28)32)24-12-6-4-7-13-24/h4-9,12-15,23,26-33H,10-11,16-22H2,1-3H3/t23-,26?,27?,28?,29?,30?,31?,32?,33?/m1/s1. The maximum absolute atomic E-state index is 2.70. The molecule has 4 fully saturated rings. The zero-order valence-electron chi connectivity index (χ0n) is 22.4. The molecule has 4 aliphatic carbocycles. The summed E-state index contributed by atoms with van der Waals surface area (Å²) in [5, 5.41) is 0. The lowest BCUT2D eigenvalue weighted by molar-refractivity contribution is 0.224. The molecule has 2 heteroatoms. The van der Waals surface area contributed by atoms with Crippen molar-refractivity contribution in [2.45, 2.75) is 88.2 Å². The van der Waals surface area contributed by atoms with Crippen molar-refractivity contribution in [1.82, 2.24) is 4.81 Å². The fourth-order valence-electron chi connectivity index (χ4n) is 10.2. The summed E-state index contributed by atoms with van der Waals surface area (Å²) in [6, 6.07) is 23.1. The van der Waals surface area contributed by atoms with Gasteiger partial charge in [-0.3, -0.25) is 0 Å². The summed E-state index contributed by atoms with van der Waals surface area (Å²) < 4.78 is 0. The zero-order chi connectivity index (χ0) is 23.9. The number of benzene rings is 2. The summed E-state index contributed by atoms with van der Waals surface area (Å²) >= 11 is 0. The molecule has 2 aromatic rings. The summed E-state index contributed by atoms with van der Waals surface area (Å²) in [6.45, 7) is 3.39. The van der Waals surface area contributed by atoms with Gasteiger partial charge in [0.1, 0.15) is 0 Å². The van der Waals surface area contributed by atoms with Gasteiger partial charge < -0.3 is 4.81 Å². The second kappa shape index (κ2) is 10.1. The van der Waals surface area contributed by atoms with Crippen LogP contribution in [0.15, 0.2) is 60.7 Å². The third-order valence-corrected chi connectivity index (χ3v) is 11.3. The molecule has 0 heterocycles. The van der Waals surface area contributed by atoms with Gasteiger partial charge in [-0.2, -0.15) is 0 Å². The lowest BCUT2D eigenvalue weighted by atomic mass is 9.35. The lowest BCUT2D eigenvalue weighted by Crippen LogP contribution is -2.47. The average molecular weight is 468 g/mol. The number of hydrogen-bond donors (Lipinski definition) is 0. The predicted octanol–water partition coefficient (Wildman–Crippen LogP) is 8.51. The Bertz CT molecular complexity index is 958. The quantitative estimate of drug-likeness (QED) is 0.398. The molecule has 186 valence electrons. The summed E-state index contributed by atoms with van der Waals surface area (Å²) in [4.78, 5) is 2.70. The molecule has 0 aromatic heterocycles. The Hall–Kier alpha value is -1.54. The minimum Gasteiger partial charge on any atom is -0.347 e. The van der Waals surface area contributed by atoms with Gasteiger partial charge in [-0.25, -0.2) is 0 Å². The first-order valence-corrected chi connectivity index (χ1v) is 14.9. The second-order valence-corrected chi connectivity index (χ2v) is 13.0. The van der Waals surface area contributed by atoms with Crippen molar-refractivity contribution in [2.75, 3.05) is 14.1 Å². The summed E-state index contributed by atoms with van der Waals surface area (Å²) in [5.41, 5.74) is 3.24. The molecule has 6 rings (SSSR count). The van der Waals surface area contributed by atoms with Crippen LogP contribution in [0, 0.1) is 29.6 Å². The van der Waals surface area contributed by atoms with Crippen LogP contribution in [0.4, 0.5) is 0 Å². The van der Waals surface area contributed by atoms with Gasteiger partial charge in [0.2, 0.25) is 6.85 Å². The van der Waals surface area contributed by atoms with Crippen LogP contribution in [0.1, 0.15) is 87.7 Å². The minimum absolute atomic E-state index is 0.763. The molecule has 0 aliphatic heterocycles. The fourth-order valence-corrected chi connectivity index (χ4v) is 10.2. The Morgan fingerprint density at radius 3 is 1.80 bits per heavy atom. The van der Waals surface area contributed by atoms with E-state index in [9.17, 15) is 0 Å². The molecule has 0 bridgehead atoms. The van der Waals surface area contributed by atoms with Gasteiger partial charge in [0, 0.05) is 0 Å². The van der Waals surface area contributed by atoms with Crippen LogP contribution in [0.5, 0.6) is 0 Å². The van der Waals surface area contributed by atoms with Crippen LogP contribution >= 0.6 is 0 Å². The molecule has 2 aromatic carbocycles. The highest BCUT2D eigenvalue weighted by Gasteiger charge is 2.56. The van der Waals surface area contributed by atoms with Crippen molar-refractivity contribution in [2.24, 2.45) is 29.6 Å². The Kier molecular flexibility index (Phi) is 6.87. The van der Waals surface area contributed by atoms with Gasteiger partial charge in [-0.05, 0) is 104 Å². The molecule has 0 radical (unpaired) electrons. The van der Waals surface area contributed by atoms with Gasteiger partial charge in [0.05, 0.1) is 0 Å². The molecule has 0 saturated heterocycles. The number of rotatable bonds is 5. The first kappa shape index (κ1) is 23.8. The maximum Gasteiger partial charge on any atom is 0.230 e.